The first-order valence-electron chi connectivity index (χ1n) is 7.87. The normalized spacial score (nSPS) is 17.5. The van der Waals surface area contributed by atoms with Crippen LogP contribution >= 0.6 is 34.5 Å². The standard InChI is InChI=1S/C18H21Cl2NS/c1-12-2-4-14-10-15(22-18(14)8-12)11-21-7-6-13-3-5-16(19)17(20)9-13/h3,5,9-10,12,21H,2,4,6-8,11H2,1H3. The minimum atomic E-state index is 0.622. The van der Waals surface area contributed by atoms with Crippen LogP contribution in [0.4, 0.5) is 0 Å². The van der Waals surface area contributed by atoms with Gasteiger partial charge in [0.2, 0.25) is 0 Å². The lowest BCUT2D eigenvalue weighted by molar-refractivity contribution is 0.507. The molecule has 1 aliphatic carbocycles. The Bertz CT molecular complexity index is 651. The third-order valence-electron chi connectivity index (χ3n) is 4.26. The first kappa shape index (κ1) is 16.3. The minimum Gasteiger partial charge on any atom is -0.312 e. The Morgan fingerprint density at radius 1 is 1.23 bits per heavy atom. The molecule has 1 N–H and O–H groups in total. The van der Waals surface area contributed by atoms with Crippen LogP contribution in [0.25, 0.3) is 0 Å². The predicted molar refractivity (Wildman–Crippen MR) is 97.4 cm³/mol. The number of hydrogen-bond donors (Lipinski definition) is 1. The zero-order valence-electron chi connectivity index (χ0n) is 12.8. The summed E-state index contributed by atoms with van der Waals surface area (Å²) in [7, 11) is 0. The molecule has 1 aromatic heterocycles. The smallest absolute Gasteiger partial charge is 0.0595 e. The number of rotatable bonds is 5. The van der Waals surface area contributed by atoms with E-state index >= 15 is 0 Å². The number of benzene rings is 1. The summed E-state index contributed by atoms with van der Waals surface area (Å²) in [6.07, 6.45) is 4.84. The lowest BCUT2D eigenvalue weighted by atomic mass is 9.90. The van der Waals surface area contributed by atoms with Crippen molar-refractivity contribution in [3.05, 3.63) is 55.2 Å². The summed E-state index contributed by atoms with van der Waals surface area (Å²) in [5, 5.41) is 4.80. The molecular weight excluding hydrogens is 333 g/mol. The fourth-order valence-corrected chi connectivity index (χ4v) is 4.63. The molecule has 118 valence electrons. The number of hydrogen-bond acceptors (Lipinski definition) is 2. The molecule has 0 bridgehead atoms. The second-order valence-corrected chi connectivity index (χ2v) is 8.22. The second kappa shape index (κ2) is 7.35. The molecule has 0 spiro atoms. The van der Waals surface area contributed by atoms with E-state index in [1.54, 1.807) is 10.4 Å². The monoisotopic (exact) mass is 353 g/mol. The molecule has 1 heterocycles. The zero-order valence-corrected chi connectivity index (χ0v) is 15.1. The third kappa shape index (κ3) is 4.05. The van der Waals surface area contributed by atoms with E-state index in [1.165, 1.54) is 29.7 Å². The fourth-order valence-electron chi connectivity index (χ4n) is 2.96. The Morgan fingerprint density at radius 3 is 2.91 bits per heavy atom. The number of thiophene rings is 1. The van der Waals surface area contributed by atoms with E-state index in [-0.39, 0.29) is 0 Å². The quantitative estimate of drug-likeness (QED) is 0.698. The van der Waals surface area contributed by atoms with E-state index in [1.807, 2.05) is 29.5 Å². The van der Waals surface area contributed by atoms with E-state index < -0.39 is 0 Å². The summed E-state index contributed by atoms with van der Waals surface area (Å²) in [5.74, 6) is 0.849. The largest absolute Gasteiger partial charge is 0.312 e. The van der Waals surface area contributed by atoms with Gasteiger partial charge in [-0.25, -0.2) is 0 Å². The van der Waals surface area contributed by atoms with Gasteiger partial charge in [-0.15, -0.1) is 11.3 Å². The number of nitrogens with one attached hydrogen (secondary N) is 1. The highest BCUT2D eigenvalue weighted by Gasteiger charge is 2.17. The molecule has 0 aliphatic heterocycles. The lowest BCUT2D eigenvalue weighted by Crippen LogP contribution is -2.15. The molecule has 1 aromatic carbocycles. The van der Waals surface area contributed by atoms with Crippen LogP contribution < -0.4 is 5.32 Å². The molecule has 1 nitrogen and oxygen atoms in total. The lowest BCUT2D eigenvalue weighted by Gasteiger charge is -2.16. The van der Waals surface area contributed by atoms with E-state index in [2.05, 4.69) is 18.3 Å². The van der Waals surface area contributed by atoms with Gasteiger partial charge in [0.15, 0.2) is 0 Å². The van der Waals surface area contributed by atoms with Gasteiger partial charge in [-0.05, 0) is 67.5 Å². The summed E-state index contributed by atoms with van der Waals surface area (Å²) in [4.78, 5) is 3.08. The SMILES string of the molecule is CC1CCc2cc(CNCCc3ccc(Cl)c(Cl)c3)sc2C1. The Labute approximate surface area is 146 Å². The van der Waals surface area contributed by atoms with Gasteiger partial charge < -0.3 is 5.32 Å². The minimum absolute atomic E-state index is 0.622. The van der Waals surface area contributed by atoms with Crippen molar-refractivity contribution >= 4 is 34.5 Å². The van der Waals surface area contributed by atoms with Crippen LogP contribution in [0.3, 0.4) is 0 Å². The van der Waals surface area contributed by atoms with Gasteiger partial charge >= 0.3 is 0 Å². The first-order chi connectivity index (χ1) is 10.6. The summed E-state index contributed by atoms with van der Waals surface area (Å²) in [5.41, 5.74) is 2.81. The van der Waals surface area contributed by atoms with Crippen LogP contribution in [0.15, 0.2) is 24.3 Å². The van der Waals surface area contributed by atoms with Crippen LogP contribution in [-0.4, -0.2) is 6.54 Å². The highest BCUT2D eigenvalue weighted by atomic mass is 35.5. The summed E-state index contributed by atoms with van der Waals surface area (Å²) in [6, 6.07) is 8.27. The van der Waals surface area contributed by atoms with Gasteiger partial charge in [-0.3, -0.25) is 0 Å². The molecular formula is C18H21Cl2NS. The molecule has 0 saturated carbocycles. The van der Waals surface area contributed by atoms with Crippen molar-refractivity contribution in [2.24, 2.45) is 5.92 Å². The Morgan fingerprint density at radius 2 is 2.09 bits per heavy atom. The summed E-state index contributed by atoms with van der Waals surface area (Å²) >= 11 is 14.0. The number of halogens is 2. The van der Waals surface area contributed by atoms with Crippen LogP contribution in [-0.2, 0) is 25.8 Å². The summed E-state index contributed by atoms with van der Waals surface area (Å²) in [6.45, 7) is 4.28. The van der Waals surface area contributed by atoms with Gasteiger partial charge in [0, 0.05) is 16.3 Å². The van der Waals surface area contributed by atoms with Crippen molar-refractivity contribution in [2.45, 2.75) is 39.2 Å². The number of fused-ring (bicyclic) bond motifs is 1. The first-order valence-corrected chi connectivity index (χ1v) is 9.44. The predicted octanol–water partition coefficient (Wildman–Crippen LogP) is 5.51. The Balaban J connectivity index is 1.48. The molecule has 0 radical (unpaired) electrons. The van der Waals surface area contributed by atoms with Crippen molar-refractivity contribution in [1.29, 1.82) is 0 Å². The number of aryl methyl sites for hydroxylation is 1. The van der Waals surface area contributed by atoms with Crippen molar-refractivity contribution in [3.63, 3.8) is 0 Å². The molecule has 22 heavy (non-hydrogen) atoms. The molecule has 2 aromatic rings. The molecule has 0 amide bonds. The zero-order chi connectivity index (χ0) is 15.5. The van der Waals surface area contributed by atoms with Gasteiger partial charge in [-0.2, -0.15) is 0 Å². The topological polar surface area (TPSA) is 12.0 Å². The Hall–Kier alpha value is -0.540. The molecule has 0 saturated heterocycles. The van der Waals surface area contributed by atoms with Crippen molar-refractivity contribution in [1.82, 2.24) is 5.32 Å². The highest BCUT2D eigenvalue weighted by molar-refractivity contribution is 7.12. The van der Waals surface area contributed by atoms with E-state index in [4.69, 9.17) is 23.2 Å². The molecule has 3 rings (SSSR count). The molecule has 1 unspecified atom stereocenters. The van der Waals surface area contributed by atoms with Gasteiger partial charge in [0.25, 0.3) is 0 Å². The second-order valence-electron chi connectivity index (χ2n) is 6.18. The average Bonchev–Trinajstić information content (AvgIpc) is 2.89. The maximum atomic E-state index is 6.04. The van der Waals surface area contributed by atoms with Crippen molar-refractivity contribution < 1.29 is 0 Å². The summed E-state index contributed by atoms with van der Waals surface area (Å²) < 4.78 is 0. The van der Waals surface area contributed by atoms with Crippen LogP contribution in [0.1, 0.15) is 34.2 Å². The van der Waals surface area contributed by atoms with Crippen LogP contribution in [0.5, 0.6) is 0 Å². The van der Waals surface area contributed by atoms with Crippen LogP contribution in [0.2, 0.25) is 10.0 Å². The molecule has 1 atom stereocenters. The maximum absolute atomic E-state index is 6.04. The van der Waals surface area contributed by atoms with Gasteiger partial charge in [0.05, 0.1) is 10.0 Å². The van der Waals surface area contributed by atoms with Gasteiger partial charge in [0.1, 0.15) is 0 Å². The van der Waals surface area contributed by atoms with E-state index in [0.717, 1.165) is 25.4 Å². The molecule has 1 aliphatic rings. The average molecular weight is 354 g/mol. The van der Waals surface area contributed by atoms with Crippen molar-refractivity contribution in [3.8, 4) is 0 Å². The molecule has 0 fully saturated rings. The fraction of sp³-hybridized carbons (Fsp3) is 0.444. The molecule has 4 heteroatoms. The third-order valence-corrected chi connectivity index (χ3v) is 6.20. The maximum Gasteiger partial charge on any atom is 0.0595 e. The van der Waals surface area contributed by atoms with Crippen LogP contribution in [0, 0.1) is 5.92 Å². The van der Waals surface area contributed by atoms with Crippen molar-refractivity contribution in [2.75, 3.05) is 6.54 Å². The highest BCUT2D eigenvalue weighted by Crippen LogP contribution is 2.32. The van der Waals surface area contributed by atoms with E-state index in [9.17, 15) is 0 Å². The van der Waals surface area contributed by atoms with Gasteiger partial charge in [-0.1, -0.05) is 36.2 Å². The Kier molecular flexibility index (Phi) is 5.46. The van der Waals surface area contributed by atoms with E-state index in [0.29, 0.717) is 10.0 Å².